The predicted molar refractivity (Wildman–Crippen MR) is 98.7 cm³/mol. The highest BCUT2D eigenvalue weighted by Gasteiger charge is 2.25. The number of likely N-dealkylation sites (tertiary alicyclic amines) is 1. The van der Waals surface area contributed by atoms with Crippen LogP contribution in [0.3, 0.4) is 0 Å². The van der Waals surface area contributed by atoms with Gasteiger partial charge in [0.25, 0.3) is 0 Å². The highest BCUT2D eigenvalue weighted by atomic mass is 16.3. The number of aliphatic hydroxyl groups excluding tert-OH is 1. The monoisotopic (exact) mass is 340 g/mol. The van der Waals surface area contributed by atoms with Gasteiger partial charge in [-0.1, -0.05) is 19.9 Å². The summed E-state index contributed by atoms with van der Waals surface area (Å²) < 4.78 is 0. The lowest BCUT2D eigenvalue weighted by molar-refractivity contribution is 0.0436. The largest absolute Gasteiger partial charge is 0.393 e. The summed E-state index contributed by atoms with van der Waals surface area (Å²) in [5.74, 6) is 1.67. The average Bonchev–Trinajstić information content (AvgIpc) is 2.63. The van der Waals surface area contributed by atoms with Crippen molar-refractivity contribution in [2.45, 2.75) is 45.8 Å². The van der Waals surface area contributed by atoms with Gasteiger partial charge >= 0.3 is 0 Å². The maximum atomic E-state index is 10.3. The first-order valence-electron chi connectivity index (χ1n) is 9.24. The Morgan fingerprint density at radius 2 is 1.84 bits per heavy atom. The van der Waals surface area contributed by atoms with Crippen LogP contribution in [-0.4, -0.2) is 44.2 Å². The fraction of sp³-hybridized carbons (Fsp3) is 0.550. The first-order valence-corrected chi connectivity index (χ1v) is 9.24. The van der Waals surface area contributed by atoms with Gasteiger partial charge in [-0.3, -0.25) is 9.88 Å². The summed E-state index contributed by atoms with van der Waals surface area (Å²) >= 11 is 0. The molecule has 1 N–H and O–H groups in total. The number of aliphatic hydroxyl groups is 1. The minimum atomic E-state index is -0.150. The van der Waals surface area contributed by atoms with Gasteiger partial charge in [-0.15, -0.1) is 0 Å². The molecule has 0 saturated carbocycles. The first-order chi connectivity index (χ1) is 12.1. The van der Waals surface area contributed by atoms with Crippen LogP contribution in [0.25, 0.3) is 11.5 Å². The quantitative estimate of drug-likeness (QED) is 0.875. The molecule has 0 radical (unpaired) electrons. The molecule has 1 aliphatic rings. The van der Waals surface area contributed by atoms with Gasteiger partial charge in [0.05, 0.1) is 6.10 Å². The molecule has 0 unspecified atom stereocenters. The standard InChI is InChI=1S/C20H28N4O/c1-15(2)11-19(25)17-6-9-24(10-7-17)14-16-12-22-20(23-13-16)18-5-3-4-8-21-18/h3-5,8,12-13,15,17,19,25H,6-7,9-11,14H2,1-2H3/t19-/m1/s1. The molecule has 1 saturated heterocycles. The molecule has 134 valence electrons. The van der Waals surface area contributed by atoms with E-state index in [1.54, 1.807) is 6.20 Å². The Balaban J connectivity index is 1.51. The minimum Gasteiger partial charge on any atom is -0.393 e. The molecule has 0 aliphatic carbocycles. The maximum absolute atomic E-state index is 10.3. The van der Waals surface area contributed by atoms with Crippen molar-refractivity contribution in [2.24, 2.45) is 11.8 Å². The lowest BCUT2D eigenvalue weighted by Gasteiger charge is -2.34. The lowest BCUT2D eigenvalue weighted by atomic mass is 9.87. The molecule has 1 aliphatic heterocycles. The van der Waals surface area contributed by atoms with E-state index < -0.39 is 0 Å². The summed E-state index contributed by atoms with van der Waals surface area (Å²) in [4.78, 5) is 15.6. The molecular weight excluding hydrogens is 312 g/mol. The van der Waals surface area contributed by atoms with Crippen molar-refractivity contribution in [3.63, 3.8) is 0 Å². The van der Waals surface area contributed by atoms with Gasteiger partial charge in [0, 0.05) is 30.7 Å². The van der Waals surface area contributed by atoms with Gasteiger partial charge in [-0.25, -0.2) is 9.97 Å². The Kier molecular flexibility index (Phi) is 6.10. The second-order valence-electron chi connectivity index (χ2n) is 7.44. The highest BCUT2D eigenvalue weighted by molar-refractivity contribution is 5.47. The third kappa shape index (κ3) is 5.06. The maximum Gasteiger partial charge on any atom is 0.178 e. The van der Waals surface area contributed by atoms with Crippen molar-refractivity contribution in [3.8, 4) is 11.5 Å². The van der Waals surface area contributed by atoms with E-state index >= 15 is 0 Å². The highest BCUT2D eigenvalue weighted by Crippen LogP contribution is 2.25. The number of pyridine rings is 1. The zero-order chi connectivity index (χ0) is 17.6. The van der Waals surface area contributed by atoms with Crippen molar-refractivity contribution in [1.82, 2.24) is 19.9 Å². The van der Waals surface area contributed by atoms with E-state index in [9.17, 15) is 5.11 Å². The molecule has 3 heterocycles. The summed E-state index contributed by atoms with van der Waals surface area (Å²) in [6.07, 6.45) is 8.45. The van der Waals surface area contributed by atoms with E-state index in [2.05, 4.69) is 33.7 Å². The molecule has 2 aromatic rings. The van der Waals surface area contributed by atoms with Gasteiger partial charge in [0.15, 0.2) is 5.82 Å². The van der Waals surface area contributed by atoms with Crippen LogP contribution in [0.4, 0.5) is 0 Å². The SMILES string of the molecule is CC(C)C[C@@H](O)C1CCN(Cc2cnc(-c3ccccn3)nc2)CC1. The Labute approximate surface area is 150 Å². The van der Waals surface area contributed by atoms with Gasteiger partial charge < -0.3 is 5.11 Å². The molecule has 0 aromatic carbocycles. The molecule has 1 atom stereocenters. The molecule has 2 aromatic heterocycles. The predicted octanol–water partition coefficient (Wildman–Crippen LogP) is 3.16. The molecule has 3 rings (SSSR count). The van der Waals surface area contributed by atoms with Gasteiger partial charge in [-0.05, 0) is 56.3 Å². The zero-order valence-corrected chi connectivity index (χ0v) is 15.2. The van der Waals surface area contributed by atoms with E-state index in [4.69, 9.17) is 0 Å². The second-order valence-corrected chi connectivity index (χ2v) is 7.44. The van der Waals surface area contributed by atoms with Crippen LogP contribution in [0, 0.1) is 11.8 Å². The third-order valence-corrected chi connectivity index (χ3v) is 4.89. The second kappa shape index (κ2) is 8.50. The molecule has 5 nitrogen and oxygen atoms in total. The number of aromatic nitrogens is 3. The van der Waals surface area contributed by atoms with Crippen molar-refractivity contribution in [1.29, 1.82) is 0 Å². The van der Waals surface area contributed by atoms with Crippen molar-refractivity contribution >= 4 is 0 Å². The van der Waals surface area contributed by atoms with Crippen LogP contribution in [-0.2, 0) is 6.54 Å². The summed E-state index contributed by atoms with van der Waals surface area (Å²) in [7, 11) is 0. The fourth-order valence-electron chi connectivity index (χ4n) is 3.49. The van der Waals surface area contributed by atoms with E-state index in [0.717, 1.165) is 50.2 Å². The summed E-state index contributed by atoms with van der Waals surface area (Å²) in [5, 5.41) is 10.3. The summed E-state index contributed by atoms with van der Waals surface area (Å²) in [6, 6.07) is 5.75. The van der Waals surface area contributed by atoms with Crippen LogP contribution in [0.5, 0.6) is 0 Å². The first kappa shape index (κ1) is 18.0. The normalized spacial score (nSPS) is 17.8. The number of hydrogen-bond acceptors (Lipinski definition) is 5. The van der Waals surface area contributed by atoms with Gasteiger partial charge in [-0.2, -0.15) is 0 Å². The Morgan fingerprint density at radius 3 is 2.44 bits per heavy atom. The molecule has 0 amide bonds. The van der Waals surface area contributed by atoms with Crippen LogP contribution in [0.1, 0.15) is 38.7 Å². The van der Waals surface area contributed by atoms with Crippen molar-refractivity contribution < 1.29 is 5.11 Å². The molecule has 0 bridgehead atoms. The lowest BCUT2D eigenvalue weighted by Crippen LogP contribution is -2.37. The van der Waals surface area contributed by atoms with Crippen molar-refractivity contribution in [3.05, 3.63) is 42.4 Å². The van der Waals surface area contributed by atoms with E-state index in [1.165, 1.54) is 0 Å². The van der Waals surface area contributed by atoms with Crippen LogP contribution in [0.2, 0.25) is 0 Å². The van der Waals surface area contributed by atoms with E-state index in [1.807, 2.05) is 30.6 Å². The molecule has 0 spiro atoms. The van der Waals surface area contributed by atoms with E-state index in [-0.39, 0.29) is 6.10 Å². The third-order valence-electron chi connectivity index (χ3n) is 4.89. The number of hydrogen-bond donors (Lipinski definition) is 1. The van der Waals surface area contributed by atoms with Crippen LogP contribution >= 0.6 is 0 Å². The number of rotatable bonds is 6. The van der Waals surface area contributed by atoms with Crippen molar-refractivity contribution in [2.75, 3.05) is 13.1 Å². The topological polar surface area (TPSA) is 62.1 Å². The molecule has 1 fully saturated rings. The fourth-order valence-corrected chi connectivity index (χ4v) is 3.49. The Hall–Kier alpha value is -1.85. The summed E-state index contributed by atoms with van der Waals surface area (Å²) in [5.41, 5.74) is 1.93. The van der Waals surface area contributed by atoms with E-state index in [0.29, 0.717) is 17.7 Å². The molecular formula is C20H28N4O. The van der Waals surface area contributed by atoms with Gasteiger partial charge in [0.1, 0.15) is 5.69 Å². The Bertz CT molecular complexity index is 637. The molecule has 25 heavy (non-hydrogen) atoms. The van der Waals surface area contributed by atoms with Crippen LogP contribution < -0.4 is 0 Å². The number of nitrogens with zero attached hydrogens (tertiary/aromatic N) is 4. The zero-order valence-electron chi connectivity index (χ0n) is 15.2. The number of piperidine rings is 1. The Morgan fingerprint density at radius 1 is 1.12 bits per heavy atom. The smallest absolute Gasteiger partial charge is 0.178 e. The van der Waals surface area contributed by atoms with Crippen LogP contribution in [0.15, 0.2) is 36.8 Å². The minimum absolute atomic E-state index is 0.150. The average molecular weight is 340 g/mol. The summed E-state index contributed by atoms with van der Waals surface area (Å²) in [6.45, 7) is 7.28. The molecule has 5 heteroatoms. The van der Waals surface area contributed by atoms with Gasteiger partial charge in [0.2, 0.25) is 0 Å².